The molecule has 1 atom stereocenters. The zero-order chi connectivity index (χ0) is 18.1. The lowest BCUT2D eigenvalue weighted by molar-refractivity contribution is 0.122. The highest BCUT2D eigenvalue weighted by molar-refractivity contribution is 7.19. The molecule has 138 valence electrons. The van der Waals surface area contributed by atoms with E-state index >= 15 is 0 Å². The van der Waals surface area contributed by atoms with Crippen LogP contribution in [0.4, 0.5) is 5.13 Å². The van der Waals surface area contributed by atoms with Gasteiger partial charge in [-0.2, -0.15) is 0 Å². The molecule has 3 aromatic heterocycles. The quantitative estimate of drug-likeness (QED) is 0.689. The van der Waals surface area contributed by atoms with Gasteiger partial charge < -0.3 is 14.7 Å². The molecule has 4 heterocycles. The van der Waals surface area contributed by atoms with E-state index in [1.54, 1.807) is 11.3 Å². The molecule has 0 saturated carbocycles. The zero-order valence-corrected chi connectivity index (χ0v) is 16.7. The van der Waals surface area contributed by atoms with E-state index in [0.717, 1.165) is 45.3 Å². The van der Waals surface area contributed by atoms with Crippen molar-refractivity contribution in [3.8, 4) is 10.7 Å². The predicted octanol–water partition coefficient (Wildman–Crippen LogP) is 3.79. The number of morpholine rings is 1. The van der Waals surface area contributed by atoms with Crippen LogP contribution in [0.5, 0.6) is 0 Å². The smallest absolute Gasteiger partial charge is 0.187 e. The summed E-state index contributed by atoms with van der Waals surface area (Å²) in [6, 6.07) is 0. The van der Waals surface area contributed by atoms with Crippen molar-refractivity contribution in [1.82, 2.24) is 15.0 Å². The summed E-state index contributed by atoms with van der Waals surface area (Å²) in [5, 5.41) is 14.0. The van der Waals surface area contributed by atoms with Crippen LogP contribution in [0.2, 0.25) is 5.15 Å². The topological polar surface area (TPSA) is 71.4 Å². The van der Waals surface area contributed by atoms with Crippen molar-refractivity contribution in [3.63, 3.8) is 0 Å². The fraction of sp³-hybridized carbons (Fsp3) is 0.471. The van der Waals surface area contributed by atoms with Crippen molar-refractivity contribution in [2.24, 2.45) is 0 Å². The van der Waals surface area contributed by atoms with Crippen LogP contribution in [0.15, 0.2) is 11.6 Å². The maximum atomic E-state index is 9.58. The second kappa shape index (κ2) is 7.74. The van der Waals surface area contributed by atoms with Gasteiger partial charge in [-0.1, -0.05) is 29.9 Å². The Balaban J connectivity index is 1.68. The number of aromatic nitrogens is 3. The summed E-state index contributed by atoms with van der Waals surface area (Å²) in [5.74, 6) is 0.725. The maximum Gasteiger partial charge on any atom is 0.187 e. The van der Waals surface area contributed by atoms with Crippen LogP contribution in [-0.2, 0) is 4.74 Å². The van der Waals surface area contributed by atoms with E-state index in [0.29, 0.717) is 24.2 Å². The number of rotatable bonds is 5. The van der Waals surface area contributed by atoms with E-state index in [9.17, 15) is 5.11 Å². The zero-order valence-electron chi connectivity index (χ0n) is 14.3. The molecule has 1 aliphatic heterocycles. The Hall–Kier alpha value is -1.32. The monoisotopic (exact) mass is 410 g/mol. The number of hydrogen-bond donors (Lipinski definition) is 1. The first-order valence-electron chi connectivity index (χ1n) is 8.55. The third kappa shape index (κ3) is 3.32. The Morgan fingerprint density at radius 2 is 2.15 bits per heavy atom. The van der Waals surface area contributed by atoms with Gasteiger partial charge >= 0.3 is 0 Å². The van der Waals surface area contributed by atoms with Gasteiger partial charge in [-0.05, 0) is 17.4 Å². The molecule has 1 unspecified atom stereocenters. The minimum absolute atomic E-state index is 0.123. The first-order valence-corrected chi connectivity index (χ1v) is 10.6. The maximum absolute atomic E-state index is 9.58. The molecular formula is C17H19ClN4O2S2. The highest BCUT2D eigenvalue weighted by Crippen LogP contribution is 2.38. The van der Waals surface area contributed by atoms with E-state index in [4.69, 9.17) is 21.3 Å². The first-order chi connectivity index (χ1) is 12.7. The third-order valence-electron chi connectivity index (χ3n) is 4.57. The first kappa shape index (κ1) is 18.1. The lowest BCUT2D eigenvalue weighted by Gasteiger charge is -2.25. The van der Waals surface area contributed by atoms with Crippen LogP contribution < -0.4 is 4.90 Å². The molecule has 3 aromatic rings. The average Bonchev–Trinajstić information content (AvgIpc) is 3.27. The number of anilines is 1. The Kier molecular flexibility index (Phi) is 5.37. The fourth-order valence-electron chi connectivity index (χ4n) is 3.03. The molecule has 1 saturated heterocycles. The molecule has 1 aliphatic rings. The van der Waals surface area contributed by atoms with Crippen molar-refractivity contribution in [3.05, 3.63) is 22.3 Å². The molecule has 4 rings (SSSR count). The highest BCUT2D eigenvalue weighted by atomic mass is 35.5. The number of aliphatic hydroxyl groups is 1. The SMILES string of the molecule is CCC(CO)c1csc2nc(-c3sc(N4CCOCC4)nc3Cl)ncc12. The van der Waals surface area contributed by atoms with Crippen molar-refractivity contribution in [2.75, 3.05) is 37.8 Å². The summed E-state index contributed by atoms with van der Waals surface area (Å²) in [4.78, 5) is 17.6. The number of nitrogens with zero attached hydrogens (tertiary/aromatic N) is 4. The van der Waals surface area contributed by atoms with E-state index in [-0.39, 0.29) is 12.5 Å². The summed E-state index contributed by atoms with van der Waals surface area (Å²) < 4.78 is 5.39. The van der Waals surface area contributed by atoms with Crippen LogP contribution in [0.25, 0.3) is 20.9 Å². The van der Waals surface area contributed by atoms with Crippen LogP contribution in [0.3, 0.4) is 0 Å². The average molecular weight is 411 g/mol. The summed E-state index contributed by atoms with van der Waals surface area (Å²) in [7, 11) is 0. The van der Waals surface area contributed by atoms with Crippen molar-refractivity contribution >= 4 is 49.6 Å². The molecule has 0 aliphatic carbocycles. The lowest BCUT2D eigenvalue weighted by atomic mass is 9.98. The third-order valence-corrected chi connectivity index (χ3v) is 6.98. The Morgan fingerprint density at radius 1 is 1.35 bits per heavy atom. The normalized spacial score (nSPS) is 16.3. The second-order valence-corrected chi connectivity index (χ2v) is 8.30. The van der Waals surface area contributed by atoms with Gasteiger partial charge in [0.05, 0.1) is 13.2 Å². The van der Waals surface area contributed by atoms with Gasteiger partial charge in [0.1, 0.15) is 9.71 Å². The molecule has 0 spiro atoms. The molecule has 0 bridgehead atoms. The summed E-state index contributed by atoms with van der Waals surface area (Å²) in [6.07, 6.45) is 2.72. The Morgan fingerprint density at radius 3 is 2.88 bits per heavy atom. The van der Waals surface area contributed by atoms with Gasteiger partial charge in [0.2, 0.25) is 0 Å². The number of halogens is 1. The second-order valence-electron chi connectivity index (χ2n) is 6.11. The van der Waals surface area contributed by atoms with Gasteiger partial charge in [0.25, 0.3) is 0 Å². The van der Waals surface area contributed by atoms with Crippen LogP contribution in [0.1, 0.15) is 24.8 Å². The van der Waals surface area contributed by atoms with E-state index in [2.05, 4.69) is 27.2 Å². The number of ether oxygens (including phenoxy) is 1. The number of thiophene rings is 1. The number of thiazole rings is 1. The largest absolute Gasteiger partial charge is 0.396 e. The van der Waals surface area contributed by atoms with Crippen molar-refractivity contribution in [1.29, 1.82) is 0 Å². The van der Waals surface area contributed by atoms with Crippen LogP contribution >= 0.6 is 34.3 Å². The molecular weight excluding hydrogens is 392 g/mol. The Bertz CT molecular complexity index is 903. The van der Waals surface area contributed by atoms with Gasteiger partial charge in [0, 0.05) is 37.2 Å². The van der Waals surface area contributed by atoms with E-state index in [1.165, 1.54) is 11.3 Å². The minimum atomic E-state index is 0.123. The van der Waals surface area contributed by atoms with Gasteiger partial charge in [-0.25, -0.2) is 15.0 Å². The Labute approximate surface area is 164 Å². The molecule has 9 heteroatoms. The highest BCUT2D eigenvalue weighted by Gasteiger charge is 2.21. The number of aliphatic hydroxyl groups excluding tert-OH is 1. The molecule has 1 N–H and O–H groups in total. The standard InChI is InChI=1S/C17H19ClN4O2S2/c1-2-10(8-23)12-9-25-16-11(12)7-19-15(21-16)13-14(18)20-17(26-13)22-3-5-24-6-4-22/h7,9-10,23H,2-6,8H2,1H3. The van der Waals surface area contributed by atoms with E-state index in [1.807, 2.05) is 6.20 Å². The van der Waals surface area contributed by atoms with Gasteiger partial charge in [-0.3, -0.25) is 0 Å². The number of fused-ring (bicyclic) bond motifs is 1. The fourth-order valence-corrected chi connectivity index (χ4v) is 5.30. The minimum Gasteiger partial charge on any atom is -0.396 e. The molecule has 0 aromatic carbocycles. The molecule has 6 nitrogen and oxygen atoms in total. The van der Waals surface area contributed by atoms with Crippen LogP contribution in [0, 0.1) is 0 Å². The van der Waals surface area contributed by atoms with Crippen molar-refractivity contribution in [2.45, 2.75) is 19.3 Å². The summed E-state index contributed by atoms with van der Waals surface area (Å²) in [6.45, 7) is 5.25. The summed E-state index contributed by atoms with van der Waals surface area (Å²) in [5.41, 5.74) is 1.12. The van der Waals surface area contributed by atoms with Gasteiger partial charge in [0.15, 0.2) is 16.1 Å². The molecule has 1 fully saturated rings. The molecule has 0 radical (unpaired) electrons. The van der Waals surface area contributed by atoms with Crippen LogP contribution in [-0.4, -0.2) is 53.0 Å². The lowest BCUT2D eigenvalue weighted by Crippen LogP contribution is -2.36. The van der Waals surface area contributed by atoms with Gasteiger partial charge in [-0.15, -0.1) is 11.3 Å². The van der Waals surface area contributed by atoms with E-state index < -0.39 is 0 Å². The summed E-state index contributed by atoms with van der Waals surface area (Å²) >= 11 is 9.47. The molecule has 26 heavy (non-hydrogen) atoms. The number of hydrogen-bond acceptors (Lipinski definition) is 8. The molecule has 0 amide bonds. The predicted molar refractivity (Wildman–Crippen MR) is 107 cm³/mol. The van der Waals surface area contributed by atoms with Crippen molar-refractivity contribution < 1.29 is 9.84 Å².